The molecular formula is C20H24N2S. The average molecular weight is 324 g/mol. The van der Waals surface area contributed by atoms with Crippen molar-refractivity contribution in [3.05, 3.63) is 47.3 Å². The van der Waals surface area contributed by atoms with Crippen LogP contribution in [0.15, 0.2) is 47.3 Å². The van der Waals surface area contributed by atoms with E-state index in [2.05, 4.69) is 63.7 Å². The van der Waals surface area contributed by atoms with E-state index < -0.39 is 0 Å². The highest BCUT2D eigenvalue weighted by atomic mass is 32.1. The minimum Gasteiger partial charge on any atom is -0.346 e. The summed E-state index contributed by atoms with van der Waals surface area (Å²) in [6.45, 7) is 5.84. The second kappa shape index (κ2) is 6.50. The van der Waals surface area contributed by atoms with Crippen LogP contribution in [0.1, 0.15) is 26.2 Å². The fraction of sp³-hybridized carbons (Fsp3) is 0.400. The molecule has 0 aliphatic carbocycles. The fourth-order valence-electron chi connectivity index (χ4n) is 3.86. The molecule has 1 atom stereocenters. The molecule has 2 nitrogen and oxygen atoms in total. The van der Waals surface area contributed by atoms with Crippen LogP contribution in [-0.4, -0.2) is 28.6 Å². The Morgan fingerprint density at radius 2 is 2.09 bits per heavy atom. The molecule has 0 saturated carbocycles. The first kappa shape index (κ1) is 15.0. The SMILES string of the molecule is CCN1CCCCC1Cn1ccc2ccc(-c3ccsc3)cc21. The Kier molecular flexibility index (Phi) is 4.23. The highest BCUT2D eigenvalue weighted by Crippen LogP contribution is 2.28. The summed E-state index contributed by atoms with van der Waals surface area (Å²) in [7, 11) is 0. The van der Waals surface area contributed by atoms with Gasteiger partial charge in [-0.25, -0.2) is 0 Å². The van der Waals surface area contributed by atoms with Gasteiger partial charge in [0.2, 0.25) is 0 Å². The van der Waals surface area contributed by atoms with Crippen LogP contribution >= 0.6 is 11.3 Å². The third kappa shape index (κ3) is 2.96. The van der Waals surface area contributed by atoms with E-state index in [-0.39, 0.29) is 0 Å². The van der Waals surface area contributed by atoms with Crippen LogP contribution in [0.4, 0.5) is 0 Å². The van der Waals surface area contributed by atoms with Crippen LogP contribution in [-0.2, 0) is 6.54 Å². The molecule has 1 aliphatic rings. The monoisotopic (exact) mass is 324 g/mol. The summed E-state index contributed by atoms with van der Waals surface area (Å²) in [5, 5.41) is 5.73. The van der Waals surface area contributed by atoms with Crippen molar-refractivity contribution < 1.29 is 0 Å². The van der Waals surface area contributed by atoms with E-state index in [9.17, 15) is 0 Å². The molecule has 4 rings (SSSR count). The van der Waals surface area contributed by atoms with Gasteiger partial charge in [0.25, 0.3) is 0 Å². The number of thiophene rings is 1. The van der Waals surface area contributed by atoms with E-state index in [1.807, 2.05) is 0 Å². The van der Waals surface area contributed by atoms with Crippen molar-refractivity contribution in [2.24, 2.45) is 0 Å². The lowest BCUT2D eigenvalue weighted by Gasteiger charge is -2.35. The first-order valence-electron chi connectivity index (χ1n) is 8.70. The minimum atomic E-state index is 0.689. The summed E-state index contributed by atoms with van der Waals surface area (Å²) in [4.78, 5) is 2.65. The molecule has 3 heteroatoms. The lowest BCUT2D eigenvalue weighted by Crippen LogP contribution is -2.41. The van der Waals surface area contributed by atoms with Crippen LogP contribution in [0.3, 0.4) is 0 Å². The Labute approximate surface area is 142 Å². The van der Waals surface area contributed by atoms with E-state index in [1.165, 1.54) is 54.4 Å². The van der Waals surface area contributed by atoms with Crippen LogP contribution in [0.2, 0.25) is 0 Å². The van der Waals surface area contributed by atoms with Gasteiger partial charge in [0.1, 0.15) is 0 Å². The molecule has 23 heavy (non-hydrogen) atoms. The van der Waals surface area contributed by atoms with Crippen LogP contribution in [0.25, 0.3) is 22.0 Å². The molecular weight excluding hydrogens is 300 g/mol. The number of aromatic nitrogens is 1. The summed E-state index contributed by atoms with van der Waals surface area (Å²) in [5.41, 5.74) is 4.03. The number of hydrogen-bond acceptors (Lipinski definition) is 2. The summed E-state index contributed by atoms with van der Waals surface area (Å²) >= 11 is 1.76. The predicted molar refractivity (Wildman–Crippen MR) is 100 cm³/mol. The molecule has 0 amide bonds. The van der Waals surface area contributed by atoms with Gasteiger partial charge >= 0.3 is 0 Å². The van der Waals surface area contributed by atoms with Crippen molar-refractivity contribution >= 4 is 22.2 Å². The summed E-state index contributed by atoms with van der Waals surface area (Å²) < 4.78 is 2.46. The molecule has 1 saturated heterocycles. The number of hydrogen-bond donors (Lipinski definition) is 0. The van der Waals surface area contributed by atoms with Gasteiger partial charge in [0, 0.05) is 24.3 Å². The minimum absolute atomic E-state index is 0.689. The number of rotatable bonds is 4. The smallest absolute Gasteiger partial charge is 0.0487 e. The highest BCUT2D eigenvalue weighted by molar-refractivity contribution is 7.08. The lowest BCUT2D eigenvalue weighted by atomic mass is 10.0. The van der Waals surface area contributed by atoms with Crippen molar-refractivity contribution in [1.29, 1.82) is 0 Å². The standard InChI is InChI=1S/C20H24N2S/c1-2-21-10-4-3-5-19(21)14-22-11-8-16-6-7-17(13-20(16)22)18-9-12-23-15-18/h6-9,11-13,15,19H,2-5,10,14H2,1H3. The van der Waals surface area contributed by atoms with E-state index in [0.717, 1.165) is 6.54 Å². The average Bonchev–Trinajstić information content (AvgIpc) is 3.25. The molecule has 0 spiro atoms. The molecule has 1 aliphatic heterocycles. The molecule has 1 unspecified atom stereocenters. The van der Waals surface area contributed by atoms with Gasteiger partial charge in [-0.1, -0.05) is 25.5 Å². The maximum absolute atomic E-state index is 2.65. The maximum atomic E-state index is 2.65. The third-order valence-electron chi connectivity index (χ3n) is 5.19. The highest BCUT2D eigenvalue weighted by Gasteiger charge is 2.21. The van der Waals surface area contributed by atoms with Gasteiger partial charge < -0.3 is 4.57 Å². The van der Waals surface area contributed by atoms with Crippen molar-refractivity contribution in [3.8, 4) is 11.1 Å². The second-order valence-corrected chi connectivity index (χ2v) is 7.31. The summed E-state index contributed by atoms with van der Waals surface area (Å²) in [6, 6.07) is 12.0. The quantitative estimate of drug-likeness (QED) is 0.637. The van der Waals surface area contributed by atoms with E-state index in [1.54, 1.807) is 11.3 Å². The largest absolute Gasteiger partial charge is 0.346 e. The number of fused-ring (bicyclic) bond motifs is 1. The zero-order valence-electron chi connectivity index (χ0n) is 13.7. The second-order valence-electron chi connectivity index (χ2n) is 6.53. The first-order chi connectivity index (χ1) is 11.3. The topological polar surface area (TPSA) is 8.17 Å². The molecule has 3 heterocycles. The number of likely N-dealkylation sites (tertiary alicyclic amines) is 1. The Morgan fingerprint density at radius 3 is 2.91 bits per heavy atom. The molecule has 1 aromatic carbocycles. The Morgan fingerprint density at radius 1 is 1.13 bits per heavy atom. The molecule has 0 bridgehead atoms. The maximum Gasteiger partial charge on any atom is 0.0487 e. The van der Waals surface area contributed by atoms with Crippen molar-refractivity contribution in [3.63, 3.8) is 0 Å². The van der Waals surface area contributed by atoms with Gasteiger partial charge in [-0.2, -0.15) is 11.3 Å². The van der Waals surface area contributed by atoms with Gasteiger partial charge in [0.15, 0.2) is 0 Å². The Hall–Kier alpha value is -1.58. The number of benzene rings is 1. The summed E-state index contributed by atoms with van der Waals surface area (Å²) in [6.07, 6.45) is 6.34. The Balaban J connectivity index is 1.65. The number of piperidine rings is 1. The Bertz CT molecular complexity index is 772. The van der Waals surface area contributed by atoms with Crippen LogP contribution in [0.5, 0.6) is 0 Å². The lowest BCUT2D eigenvalue weighted by molar-refractivity contribution is 0.141. The predicted octanol–water partition coefficient (Wildman–Crippen LogP) is 5.24. The van der Waals surface area contributed by atoms with Gasteiger partial charge in [-0.05, 0) is 71.4 Å². The molecule has 2 aromatic heterocycles. The molecule has 0 N–H and O–H groups in total. The summed E-state index contributed by atoms with van der Waals surface area (Å²) in [5.74, 6) is 0. The zero-order valence-corrected chi connectivity index (χ0v) is 14.6. The normalized spacial score (nSPS) is 19.4. The van der Waals surface area contributed by atoms with Gasteiger partial charge in [-0.15, -0.1) is 0 Å². The fourth-order valence-corrected chi connectivity index (χ4v) is 4.53. The van der Waals surface area contributed by atoms with Gasteiger partial charge in [0.05, 0.1) is 0 Å². The van der Waals surface area contributed by atoms with E-state index >= 15 is 0 Å². The molecule has 1 fully saturated rings. The zero-order chi connectivity index (χ0) is 15.6. The van der Waals surface area contributed by atoms with E-state index in [0.29, 0.717) is 6.04 Å². The number of nitrogens with zero attached hydrogens (tertiary/aromatic N) is 2. The van der Waals surface area contributed by atoms with Crippen LogP contribution < -0.4 is 0 Å². The number of likely N-dealkylation sites (N-methyl/N-ethyl adjacent to an activating group) is 1. The third-order valence-corrected chi connectivity index (χ3v) is 5.87. The van der Waals surface area contributed by atoms with Crippen molar-refractivity contribution in [1.82, 2.24) is 9.47 Å². The first-order valence-corrected chi connectivity index (χ1v) is 9.65. The van der Waals surface area contributed by atoms with Gasteiger partial charge in [-0.3, -0.25) is 4.90 Å². The molecule has 0 radical (unpaired) electrons. The van der Waals surface area contributed by atoms with Crippen molar-refractivity contribution in [2.45, 2.75) is 38.8 Å². The van der Waals surface area contributed by atoms with Crippen molar-refractivity contribution in [2.75, 3.05) is 13.1 Å². The molecule has 3 aromatic rings. The van der Waals surface area contributed by atoms with Crippen LogP contribution in [0, 0.1) is 0 Å². The molecule has 120 valence electrons. The van der Waals surface area contributed by atoms with E-state index in [4.69, 9.17) is 0 Å².